The SMILES string of the molecule is CC(C)(C)OC(=O)NC1CCCN(C(Cc2ccccc2)C(=O)O)C1=O. The first kappa shape index (κ1) is 19.8. The van der Waals surface area contributed by atoms with Gasteiger partial charge in [0.15, 0.2) is 0 Å². The Balaban J connectivity index is 2.08. The number of hydrogen-bond donors (Lipinski definition) is 2. The molecule has 2 unspecified atom stereocenters. The molecule has 0 spiro atoms. The van der Waals surface area contributed by atoms with Crippen LogP contribution in [0, 0.1) is 0 Å². The van der Waals surface area contributed by atoms with Gasteiger partial charge in [-0.3, -0.25) is 4.79 Å². The summed E-state index contributed by atoms with van der Waals surface area (Å²) in [5.74, 6) is -1.44. The Morgan fingerprint density at radius 1 is 1.31 bits per heavy atom. The summed E-state index contributed by atoms with van der Waals surface area (Å²) >= 11 is 0. The smallest absolute Gasteiger partial charge is 0.408 e. The van der Waals surface area contributed by atoms with E-state index in [4.69, 9.17) is 4.74 Å². The molecule has 142 valence electrons. The molecule has 2 atom stereocenters. The molecule has 0 radical (unpaired) electrons. The molecule has 1 aromatic carbocycles. The summed E-state index contributed by atoms with van der Waals surface area (Å²) in [6.07, 6.45) is 0.630. The highest BCUT2D eigenvalue weighted by molar-refractivity contribution is 5.90. The molecule has 0 saturated carbocycles. The van der Waals surface area contributed by atoms with Gasteiger partial charge in [0.25, 0.3) is 0 Å². The Labute approximate surface area is 153 Å². The zero-order valence-electron chi connectivity index (χ0n) is 15.4. The summed E-state index contributed by atoms with van der Waals surface area (Å²) in [5, 5.41) is 12.2. The van der Waals surface area contributed by atoms with Gasteiger partial charge in [-0.25, -0.2) is 9.59 Å². The summed E-state index contributed by atoms with van der Waals surface area (Å²) in [6, 6.07) is 7.45. The molecular weight excluding hydrogens is 336 g/mol. The first-order chi connectivity index (χ1) is 12.2. The van der Waals surface area contributed by atoms with Gasteiger partial charge in [0, 0.05) is 13.0 Å². The number of carbonyl (C=O) groups is 3. The van der Waals surface area contributed by atoms with Crippen molar-refractivity contribution in [1.29, 1.82) is 0 Å². The van der Waals surface area contributed by atoms with E-state index in [0.717, 1.165) is 5.56 Å². The molecule has 0 aromatic heterocycles. The van der Waals surface area contributed by atoms with Crippen LogP contribution >= 0.6 is 0 Å². The van der Waals surface area contributed by atoms with Crippen LogP contribution < -0.4 is 5.32 Å². The maximum atomic E-state index is 12.8. The number of hydrogen-bond acceptors (Lipinski definition) is 4. The number of carboxylic acid groups (broad SMARTS) is 1. The second kappa shape index (κ2) is 8.21. The van der Waals surface area contributed by atoms with E-state index in [2.05, 4.69) is 5.32 Å². The van der Waals surface area contributed by atoms with Crippen LogP contribution in [0.25, 0.3) is 0 Å². The van der Waals surface area contributed by atoms with E-state index >= 15 is 0 Å². The number of amides is 2. The number of alkyl carbamates (subject to hydrolysis) is 1. The van der Waals surface area contributed by atoms with Crippen molar-refractivity contribution in [3.8, 4) is 0 Å². The van der Waals surface area contributed by atoms with Gasteiger partial charge in [0.1, 0.15) is 17.7 Å². The number of nitrogens with one attached hydrogen (secondary N) is 1. The zero-order chi connectivity index (χ0) is 19.3. The van der Waals surface area contributed by atoms with E-state index in [-0.39, 0.29) is 12.3 Å². The van der Waals surface area contributed by atoms with E-state index < -0.39 is 29.7 Å². The van der Waals surface area contributed by atoms with E-state index in [1.54, 1.807) is 20.8 Å². The van der Waals surface area contributed by atoms with Crippen molar-refractivity contribution in [3.05, 3.63) is 35.9 Å². The molecule has 1 fully saturated rings. The van der Waals surface area contributed by atoms with Gasteiger partial charge in [0.2, 0.25) is 5.91 Å². The average molecular weight is 362 g/mol. The lowest BCUT2D eigenvalue weighted by Gasteiger charge is -2.36. The average Bonchev–Trinajstić information content (AvgIpc) is 2.54. The van der Waals surface area contributed by atoms with Crippen LogP contribution in [0.5, 0.6) is 0 Å². The summed E-state index contributed by atoms with van der Waals surface area (Å²) in [7, 11) is 0. The van der Waals surface area contributed by atoms with Gasteiger partial charge in [-0.2, -0.15) is 0 Å². The molecule has 7 heteroatoms. The highest BCUT2D eigenvalue weighted by Crippen LogP contribution is 2.19. The van der Waals surface area contributed by atoms with Crippen LogP contribution in [0.1, 0.15) is 39.2 Å². The molecule has 26 heavy (non-hydrogen) atoms. The van der Waals surface area contributed by atoms with Crippen molar-refractivity contribution in [2.75, 3.05) is 6.54 Å². The molecule has 1 aromatic rings. The van der Waals surface area contributed by atoms with E-state index in [9.17, 15) is 19.5 Å². The normalized spacial score (nSPS) is 19.0. The maximum Gasteiger partial charge on any atom is 0.408 e. The lowest BCUT2D eigenvalue weighted by atomic mass is 9.99. The number of rotatable bonds is 5. The monoisotopic (exact) mass is 362 g/mol. The summed E-state index contributed by atoms with van der Waals surface area (Å²) < 4.78 is 5.19. The number of carboxylic acids is 1. The van der Waals surface area contributed by atoms with Crippen LogP contribution in [-0.4, -0.2) is 52.2 Å². The van der Waals surface area contributed by atoms with Crippen LogP contribution in [-0.2, 0) is 20.7 Å². The van der Waals surface area contributed by atoms with Crippen molar-refractivity contribution < 1.29 is 24.2 Å². The number of aliphatic carboxylic acids is 1. The Bertz CT molecular complexity index is 654. The first-order valence-electron chi connectivity index (χ1n) is 8.74. The quantitative estimate of drug-likeness (QED) is 0.837. The molecular formula is C19H26N2O5. The summed E-state index contributed by atoms with van der Waals surface area (Å²) in [4.78, 5) is 37.8. The Hall–Kier alpha value is -2.57. The number of likely N-dealkylation sites (tertiary alicyclic amines) is 1. The summed E-state index contributed by atoms with van der Waals surface area (Å²) in [6.45, 7) is 5.57. The number of ether oxygens (including phenoxy) is 1. The lowest BCUT2D eigenvalue weighted by molar-refractivity contribution is -0.152. The minimum atomic E-state index is -1.06. The molecule has 7 nitrogen and oxygen atoms in total. The van der Waals surface area contributed by atoms with E-state index in [1.165, 1.54) is 4.90 Å². The van der Waals surface area contributed by atoms with Gasteiger partial charge in [0.05, 0.1) is 0 Å². The van der Waals surface area contributed by atoms with Crippen LogP contribution in [0.4, 0.5) is 4.79 Å². The number of nitrogens with zero attached hydrogens (tertiary/aromatic N) is 1. The van der Waals surface area contributed by atoms with Gasteiger partial charge < -0.3 is 20.1 Å². The van der Waals surface area contributed by atoms with Gasteiger partial charge >= 0.3 is 12.1 Å². The Morgan fingerprint density at radius 2 is 1.96 bits per heavy atom. The second-order valence-electron chi connectivity index (χ2n) is 7.42. The molecule has 2 rings (SSSR count). The van der Waals surface area contributed by atoms with Crippen molar-refractivity contribution >= 4 is 18.0 Å². The largest absolute Gasteiger partial charge is 0.480 e. The highest BCUT2D eigenvalue weighted by Gasteiger charge is 2.37. The van der Waals surface area contributed by atoms with Crippen molar-refractivity contribution in [2.45, 2.75) is 57.7 Å². The molecule has 2 N–H and O–H groups in total. The maximum absolute atomic E-state index is 12.8. The fourth-order valence-electron chi connectivity index (χ4n) is 2.96. The molecule has 1 heterocycles. The molecule has 0 aliphatic carbocycles. The van der Waals surface area contributed by atoms with Crippen LogP contribution in [0.2, 0.25) is 0 Å². The third kappa shape index (κ3) is 5.47. The minimum Gasteiger partial charge on any atom is -0.480 e. The number of piperidine rings is 1. The number of carbonyl (C=O) groups excluding carboxylic acids is 2. The lowest BCUT2D eigenvalue weighted by Crippen LogP contribution is -2.58. The third-order valence-electron chi connectivity index (χ3n) is 4.10. The molecule has 1 aliphatic heterocycles. The van der Waals surface area contributed by atoms with Crippen molar-refractivity contribution in [1.82, 2.24) is 10.2 Å². The highest BCUT2D eigenvalue weighted by atomic mass is 16.6. The second-order valence-corrected chi connectivity index (χ2v) is 7.42. The van der Waals surface area contributed by atoms with Crippen LogP contribution in [0.3, 0.4) is 0 Å². The molecule has 2 amide bonds. The van der Waals surface area contributed by atoms with Gasteiger partial charge in [-0.1, -0.05) is 30.3 Å². The van der Waals surface area contributed by atoms with Crippen molar-refractivity contribution in [3.63, 3.8) is 0 Å². The predicted molar refractivity (Wildman–Crippen MR) is 95.7 cm³/mol. The summed E-state index contributed by atoms with van der Waals surface area (Å²) in [5.41, 5.74) is 0.174. The number of benzene rings is 1. The zero-order valence-corrected chi connectivity index (χ0v) is 15.4. The Morgan fingerprint density at radius 3 is 2.54 bits per heavy atom. The Kier molecular flexibility index (Phi) is 6.23. The molecule has 0 bridgehead atoms. The van der Waals surface area contributed by atoms with Crippen LogP contribution in [0.15, 0.2) is 30.3 Å². The van der Waals surface area contributed by atoms with E-state index in [1.807, 2.05) is 30.3 Å². The fraction of sp³-hybridized carbons (Fsp3) is 0.526. The van der Waals surface area contributed by atoms with E-state index in [0.29, 0.717) is 19.4 Å². The topological polar surface area (TPSA) is 95.9 Å². The van der Waals surface area contributed by atoms with Gasteiger partial charge in [-0.05, 0) is 39.2 Å². The predicted octanol–water partition coefficient (Wildman–Crippen LogP) is 2.20. The van der Waals surface area contributed by atoms with Crippen molar-refractivity contribution in [2.24, 2.45) is 0 Å². The van der Waals surface area contributed by atoms with Gasteiger partial charge in [-0.15, -0.1) is 0 Å². The minimum absolute atomic E-state index is 0.223. The first-order valence-corrected chi connectivity index (χ1v) is 8.74. The fourth-order valence-corrected chi connectivity index (χ4v) is 2.96. The third-order valence-corrected chi connectivity index (χ3v) is 4.10. The molecule has 1 aliphatic rings. The standard InChI is InChI=1S/C19H26N2O5/c1-19(2,3)26-18(25)20-14-10-7-11-21(16(14)22)15(17(23)24)12-13-8-5-4-6-9-13/h4-6,8-9,14-15H,7,10-12H2,1-3H3,(H,20,25)(H,23,24). The molecule has 1 saturated heterocycles.